The molecular weight excluding hydrogens is 234 g/mol. The molecule has 18 heavy (non-hydrogen) atoms. The van der Waals surface area contributed by atoms with Gasteiger partial charge in [0.1, 0.15) is 5.75 Å². The Morgan fingerprint density at radius 3 is 2.78 bits per heavy atom. The van der Waals surface area contributed by atoms with Crippen LogP contribution in [0.25, 0.3) is 0 Å². The molecule has 1 heterocycles. The van der Waals surface area contributed by atoms with E-state index in [0.29, 0.717) is 18.7 Å². The summed E-state index contributed by atoms with van der Waals surface area (Å²) in [5.41, 5.74) is 1.29. The molecule has 5 heteroatoms. The van der Waals surface area contributed by atoms with Crippen LogP contribution in [0.5, 0.6) is 5.75 Å². The zero-order valence-corrected chi connectivity index (χ0v) is 10.4. The van der Waals surface area contributed by atoms with E-state index in [1.54, 1.807) is 14.0 Å². The lowest BCUT2D eigenvalue weighted by molar-refractivity contribution is -0.135. The first kappa shape index (κ1) is 12.4. The summed E-state index contributed by atoms with van der Waals surface area (Å²) in [7, 11) is 1.61. The predicted octanol–water partition coefficient (Wildman–Crippen LogP) is 2.08. The molecular formula is C13H15NO4. The Hall–Kier alpha value is -2.04. The molecule has 0 spiro atoms. The number of methoxy groups -OCH3 is 1. The Morgan fingerprint density at radius 2 is 2.17 bits per heavy atom. The van der Waals surface area contributed by atoms with Gasteiger partial charge in [-0.05, 0) is 24.6 Å². The SMILES string of the molecule is CCOC(=O)C1=NOC(c2ccc(OC)cc2)C1. The fourth-order valence-corrected chi connectivity index (χ4v) is 1.71. The molecule has 0 N–H and O–H groups in total. The highest BCUT2D eigenvalue weighted by molar-refractivity contribution is 6.36. The first-order valence-electron chi connectivity index (χ1n) is 5.78. The Labute approximate surface area is 105 Å². The van der Waals surface area contributed by atoms with Gasteiger partial charge in [0.2, 0.25) is 0 Å². The lowest BCUT2D eigenvalue weighted by Gasteiger charge is -2.08. The minimum Gasteiger partial charge on any atom is -0.497 e. The molecule has 0 aromatic heterocycles. The fraction of sp³-hybridized carbons (Fsp3) is 0.385. The third-order valence-electron chi connectivity index (χ3n) is 2.67. The van der Waals surface area contributed by atoms with Gasteiger partial charge in [-0.1, -0.05) is 17.3 Å². The molecule has 0 bridgehead atoms. The van der Waals surface area contributed by atoms with Crippen LogP contribution in [0.2, 0.25) is 0 Å². The molecule has 0 amide bonds. The van der Waals surface area contributed by atoms with Crippen LogP contribution in [0.1, 0.15) is 25.0 Å². The number of hydrogen-bond donors (Lipinski definition) is 0. The van der Waals surface area contributed by atoms with Gasteiger partial charge < -0.3 is 14.3 Å². The van der Waals surface area contributed by atoms with Crippen molar-refractivity contribution in [2.24, 2.45) is 5.16 Å². The van der Waals surface area contributed by atoms with Crippen molar-refractivity contribution in [2.45, 2.75) is 19.4 Å². The zero-order chi connectivity index (χ0) is 13.0. The van der Waals surface area contributed by atoms with Crippen LogP contribution in [0.3, 0.4) is 0 Å². The van der Waals surface area contributed by atoms with Crippen LogP contribution in [0, 0.1) is 0 Å². The van der Waals surface area contributed by atoms with E-state index in [4.69, 9.17) is 14.3 Å². The third kappa shape index (κ3) is 2.61. The number of ether oxygens (including phenoxy) is 2. The summed E-state index contributed by atoms with van der Waals surface area (Å²) in [5, 5.41) is 3.77. The highest BCUT2D eigenvalue weighted by Crippen LogP contribution is 2.28. The lowest BCUT2D eigenvalue weighted by Crippen LogP contribution is -2.16. The zero-order valence-electron chi connectivity index (χ0n) is 10.4. The molecule has 5 nitrogen and oxygen atoms in total. The van der Waals surface area contributed by atoms with Crippen LogP contribution >= 0.6 is 0 Å². The summed E-state index contributed by atoms with van der Waals surface area (Å²) in [6.07, 6.45) is 0.209. The van der Waals surface area contributed by atoms with Crippen molar-refractivity contribution < 1.29 is 19.1 Å². The van der Waals surface area contributed by atoms with Crippen molar-refractivity contribution in [2.75, 3.05) is 13.7 Å². The first-order valence-corrected chi connectivity index (χ1v) is 5.78. The van der Waals surface area contributed by atoms with Crippen molar-refractivity contribution in [3.05, 3.63) is 29.8 Å². The van der Waals surface area contributed by atoms with E-state index in [-0.39, 0.29) is 6.10 Å². The van der Waals surface area contributed by atoms with E-state index in [0.717, 1.165) is 11.3 Å². The highest BCUT2D eigenvalue weighted by Gasteiger charge is 2.28. The summed E-state index contributed by atoms with van der Waals surface area (Å²) < 4.78 is 9.96. The maximum atomic E-state index is 11.5. The van der Waals surface area contributed by atoms with Gasteiger partial charge in [-0.2, -0.15) is 0 Å². The van der Waals surface area contributed by atoms with Crippen LogP contribution in [-0.2, 0) is 14.4 Å². The summed E-state index contributed by atoms with van der Waals surface area (Å²) in [4.78, 5) is 16.7. The molecule has 0 saturated heterocycles. The van der Waals surface area contributed by atoms with Crippen LogP contribution in [0.4, 0.5) is 0 Å². The highest BCUT2D eigenvalue weighted by atomic mass is 16.6. The fourth-order valence-electron chi connectivity index (χ4n) is 1.71. The second-order valence-electron chi connectivity index (χ2n) is 3.83. The van der Waals surface area contributed by atoms with E-state index in [2.05, 4.69) is 5.16 Å². The molecule has 1 aromatic carbocycles. The van der Waals surface area contributed by atoms with Crippen molar-refractivity contribution in [3.63, 3.8) is 0 Å². The van der Waals surface area contributed by atoms with Gasteiger partial charge in [-0.15, -0.1) is 0 Å². The largest absolute Gasteiger partial charge is 0.497 e. The maximum Gasteiger partial charge on any atom is 0.356 e. The molecule has 1 aliphatic heterocycles. The van der Waals surface area contributed by atoms with Crippen LogP contribution < -0.4 is 4.74 Å². The van der Waals surface area contributed by atoms with Gasteiger partial charge in [0.25, 0.3) is 0 Å². The van der Waals surface area contributed by atoms with Gasteiger partial charge in [-0.25, -0.2) is 4.79 Å². The number of benzene rings is 1. The topological polar surface area (TPSA) is 57.1 Å². The normalized spacial score (nSPS) is 17.9. The van der Waals surface area contributed by atoms with Crippen molar-refractivity contribution >= 4 is 11.7 Å². The Morgan fingerprint density at radius 1 is 1.44 bits per heavy atom. The summed E-state index contributed by atoms with van der Waals surface area (Å²) in [5.74, 6) is 0.372. The van der Waals surface area contributed by atoms with Gasteiger partial charge in [0.05, 0.1) is 13.7 Å². The van der Waals surface area contributed by atoms with E-state index < -0.39 is 5.97 Å². The minimum atomic E-state index is -0.409. The molecule has 1 unspecified atom stereocenters. The quantitative estimate of drug-likeness (QED) is 0.766. The molecule has 1 aliphatic rings. The molecule has 96 valence electrons. The number of hydrogen-bond acceptors (Lipinski definition) is 5. The summed E-state index contributed by atoms with van der Waals surface area (Å²) in [6.45, 7) is 2.10. The van der Waals surface area contributed by atoms with Crippen LogP contribution in [-0.4, -0.2) is 25.4 Å². The molecule has 1 atom stereocenters. The van der Waals surface area contributed by atoms with Crippen molar-refractivity contribution in [1.29, 1.82) is 0 Å². The Balaban J connectivity index is 1.99. The molecule has 0 radical (unpaired) electrons. The van der Waals surface area contributed by atoms with E-state index in [1.807, 2.05) is 24.3 Å². The van der Waals surface area contributed by atoms with E-state index in [1.165, 1.54) is 0 Å². The van der Waals surface area contributed by atoms with Gasteiger partial charge >= 0.3 is 5.97 Å². The monoisotopic (exact) mass is 249 g/mol. The number of carbonyl (C=O) groups is 1. The second-order valence-corrected chi connectivity index (χ2v) is 3.83. The number of esters is 1. The van der Waals surface area contributed by atoms with E-state index >= 15 is 0 Å². The predicted molar refractivity (Wildman–Crippen MR) is 65.5 cm³/mol. The van der Waals surface area contributed by atoms with E-state index in [9.17, 15) is 4.79 Å². The molecule has 0 saturated carbocycles. The van der Waals surface area contributed by atoms with Gasteiger partial charge in [0.15, 0.2) is 11.8 Å². The number of rotatable bonds is 4. The third-order valence-corrected chi connectivity index (χ3v) is 2.67. The van der Waals surface area contributed by atoms with Crippen molar-refractivity contribution in [1.82, 2.24) is 0 Å². The first-order chi connectivity index (χ1) is 8.74. The average Bonchev–Trinajstić information content (AvgIpc) is 2.89. The molecule has 0 aliphatic carbocycles. The molecule has 2 rings (SSSR count). The standard InChI is InChI=1S/C13H15NO4/c1-3-17-13(15)11-8-12(18-14-11)9-4-6-10(16-2)7-5-9/h4-7,12H,3,8H2,1-2H3. The smallest absolute Gasteiger partial charge is 0.356 e. The average molecular weight is 249 g/mol. The molecule has 0 fully saturated rings. The summed E-state index contributed by atoms with van der Waals surface area (Å²) >= 11 is 0. The second kappa shape index (κ2) is 5.53. The number of nitrogens with zero attached hydrogens (tertiary/aromatic N) is 1. The van der Waals surface area contributed by atoms with Crippen LogP contribution in [0.15, 0.2) is 29.4 Å². The number of carbonyl (C=O) groups excluding carboxylic acids is 1. The minimum absolute atomic E-state index is 0.227. The molecule has 1 aromatic rings. The lowest BCUT2D eigenvalue weighted by atomic mass is 10.0. The number of oxime groups is 1. The Kier molecular flexibility index (Phi) is 3.82. The van der Waals surface area contributed by atoms with Gasteiger partial charge in [-0.3, -0.25) is 0 Å². The maximum absolute atomic E-state index is 11.5. The van der Waals surface area contributed by atoms with Gasteiger partial charge in [0, 0.05) is 6.42 Å². The van der Waals surface area contributed by atoms with Crippen molar-refractivity contribution in [3.8, 4) is 5.75 Å². The summed E-state index contributed by atoms with van der Waals surface area (Å²) in [6, 6.07) is 7.49. The Bertz CT molecular complexity index is 453.